The van der Waals surface area contributed by atoms with Crippen molar-refractivity contribution in [1.29, 1.82) is 0 Å². The van der Waals surface area contributed by atoms with E-state index in [0.29, 0.717) is 10.6 Å². The van der Waals surface area contributed by atoms with Gasteiger partial charge in [0.05, 0.1) is 12.1 Å². The van der Waals surface area contributed by atoms with E-state index in [1.165, 1.54) is 48.8 Å². The summed E-state index contributed by atoms with van der Waals surface area (Å²) in [6.45, 7) is 0. The number of pyridine rings is 1. The van der Waals surface area contributed by atoms with Crippen molar-refractivity contribution in [3.05, 3.63) is 64.9 Å². The Hall–Kier alpha value is -2.45. The molecule has 1 aromatic carbocycles. The van der Waals surface area contributed by atoms with Gasteiger partial charge in [-0.2, -0.15) is 23.3 Å². The highest BCUT2D eigenvalue weighted by Crippen LogP contribution is 2.41. The fourth-order valence-electron chi connectivity index (χ4n) is 2.40. The number of aromatic nitrogens is 1. The first-order chi connectivity index (χ1) is 11.7. The van der Waals surface area contributed by atoms with Gasteiger partial charge in [0, 0.05) is 28.5 Å². The second-order valence-electron chi connectivity index (χ2n) is 5.40. The molecule has 1 aromatic heterocycles. The first kappa shape index (κ1) is 17.4. The summed E-state index contributed by atoms with van der Waals surface area (Å²) in [5, 5.41) is 14.4. The van der Waals surface area contributed by atoms with Crippen molar-refractivity contribution < 1.29 is 23.1 Å². The van der Waals surface area contributed by atoms with Crippen molar-refractivity contribution in [3.8, 4) is 0 Å². The largest absolute Gasteiger partial charge is 0.438 e. The Kier molecular flexibility index (Phi) is 4.26. The lowest BCUT2D eigenvalue weighted by Gasteiger charge is -2.32. The molecule has 0 radical (unpaired) electrons. The molecule has 1 N–H and O–H groups in total. The number of amides is 1. The number of hydrogen-bond donors (Lipinski definition) is 1. The van der Waals surface area contributed by atoms with Crippen LogP contribution < -0.4 is 0 Å². The van der Waals surface area contributed by atoms with Gasteiger partial charge in [0.1, 0.15) is 0 Å². The molecule has 5 nitrogen and oxygen atoms in total. The molecule has 0 unspecified atom stereocenters. The molecule has 0 fully saturated rings. The monoisotopic (exact) mass is 369 g/mol. The third-order valence-corrected chi connectivity index (χ3v) is 3.99. The summed E-state index contributed by atoms with van der Waals surface area (Å²) in [7, 11) is 0. The van der Waals surface area contributed by atoms with Gasteiger partial charge in [-0.1, -0.05) is 11.6 Å². The quantitative estimate of drug-likeness (QED) is 0.883. The number of carbonyl (C=O) groups is 1. The molecule has 0 saturated carbocycles. The number of nitrogens with zero attached hydrogens (tertiary/aromatic N) is 3. The molecule has 3 rings (SSSR count). The molecule has 9 heteroatoms. The molecule has 0 spiro atoms. The number of aliphatic hydroxyl groups is 1. The average molecular weight is 370 g/mol. The minimum atomic E-state index is -5.09. The van der Waals surface area contributed by atoms with Gasteiger partial charge in [-0.3, -0.25) is 9.78 Å². The van der Waals surface area contributed by atoms with Crippen LogP contribution in [0.3, 0.4) is 0 Å². The van der Waals surface area contributed by atoms with Gasteiger partial charge >= 0.3 is 6.18 Å². The lowest BCUT2D eigenvalue weighted by Crippen LogP contribution is -2.56. The maximum atomic E-state index is 13.5. The van der Waals surface area contributed by atoms with Crippen LogP contribution in [0.1, 0.15) is 22.3 Å². The number of hydrogen-bond acceptors (Lipinski definition) is 4. The first-order valence-corrected chi connectivity index (χ1v) is 7.47. The van der Waals surface area contributed by atoms with Crippen molar-refractivity contribution in [2.75, 3.05) is 0 Å². The van der Waals surface area contributed by atoms with Gasteiger partial charge in [0.15, 0.2) is 0 Å². The highest BCUT2D eigenvalue weighted by Gasteiger charge is 2.63. The summed E-state index contributed by atoms with van der Waals surface area (Å²) >= 11 is 5.72. The SMILES string of the molecule is O=C(c1ccc(Cl)cc1)N1N=C(c2ccncc2)C[C@@]1(O)C(F)(F)F. The molecule has 2 aromatic rings. The van der Waals surface area contributed by atoms with E-state index >= 15 is 0 Å². The fraction of sp³-hybridized carbons (Fsp3) is 0.188. The van der Waals surface area contributed by atoms with Gasteiger partial charge in [0.25, 0.3) is 11.6 Å². The van der Waals surface area contributed by atoms with Crippen molar-refractivity contribution in [2.24, 2.45) is 5.10 Å². The molecule has 1 amide bonds. The molecule has 25 heavy (non-hydrogen) atoms. The molecule has 0 saturated heterocycles. The minimum absolute atomic E-state index is 0.0652. The summed E-state index contributed by atoms with van der Waals surface area (Å²) in [6, 6.07) is 8.16. The highest BCUT2D eigenvalue weighted by molar-refractivity contribution is 6.30. The lowest BCUT2D eigenvalue weighted by atomic mass is 10.0. The molecule has 2 heterocycles. The van der Waals surface area contributed by atoms with Crippen LogP contribution in [0.2, 0.25) is 5.02 Å². The molecule has 0 bridgehead atoms. The van der Waals surface area contributed by atoms with E-state index in [1.54, 1.807) is 0 Å². The fourth-order valence-corrected chi connectivity index (χ4v) is 2.53. The highest BCUT2D eigenvalue weighted by atomic mass is 35.5. The van der Waals surface area contributed by atoms with E-state index in [2.05, 4.69) is 10.1 Å². The zero-order valence-corrected chi connectivity index (χ0v) is 13.3. The topological polar surface area (TPSA) is 65.8 Å². The molecule has 0 aliphatic carbocycles. The summed E-state index contributed by atoms with van der Waals surface area (Å²) in [5.41, 5.74) is -3.23. The van der Waals surface area contributed by atoms with Crippen LogP contribution in [0.25, 0.3) is 0 Å². The van der Waals surface area contributed by atoms with E-state index in [9.17, 15) is 23.1 Å². The Morgan fingerprint density at radius 1 is 1.16 bits per heavy atom. The van der Waals surface area contributed by atoms with Crippen molar-refractivity contribution in [1.82, 2.24) is 9.99 Å². The predicted octanol–water partition coefficient (Wildman–Crippen LogP) is 3.24. The Labute approximate surface area is 145 Å². The van der Waals surface area contributed by atoms with Gasteiger partial charge in [-0.15, -0.1) is 0 Å². The number of rotatable bonds is 2. The second kappa shape index (κ2) is 6.12. The number of carbonyl (C=O) groups excluding carboxylic acids is 1. The standard InChI is InChI=1S/C16H11ClF3N3O2/c17-12-3-1-11(2-4-12)14(24)23-15(25,16(18,19)20)9-13(22-23)10-5-7-21-8-6-10/h1-8,25H,9H2/t15-/m1/s1. The number of halogens is 4. The normalized spacial score (nSPS) is 20.5. The zero-order valence-electron chi connectivity index (χ0n) is 12.5. The van der Waals surface area contributed by atoms with E-state index in [1.807, 2.05) is 0 Å². The van der Waals surface area contributed by atoms with Crippen molar-refractivity contribution in [2.45, 2.75) is 18.3 Å². The van der Waals surface area contributed by atoms with Crippen LogP contribution in [-0.4, -0.2) is 38.6 Å². The number of alkyl halides is 3. The number of benzene rings is 1. The van der Waals surface area contributed by atoms with E-state index in [4.69, 9.17) is 11.6 Å². The first-order valence-electron chi connectivity index (χ1n) is 7.09. The zero-order chi connectivity index (χ0) is 18.2. The molecule has 130 valence electrons. The van der Waals surface area contributed by atoms with Crippen LogP contribution in [-0.2, 0) is 0 Å². The van der Waals surface area contributed by atoms with E-state index in [-0.39, 0.29) is 16.3 Å². The summed E-state index contributed by atoms with van der Waals surface area (Å²) in [5.74, 6) is -1.08. The smallest absolute Gasteiger partial charge is 0.362 e. The van der Waals surface area contributed by atoms with Gasteiger partial charge < -0.3 is 5.11 Å². The Balaban J connectivity index is 2.04. The van der Waals surface area contributed by atoms with Crippen LogP contribution in [0, 0.1) is 0 Å². The molecule has 1 atom stereocenters. The van der Waals surface area contributed by atoms with E-state index < -0.39 is 24.2 Å². The Bertz CT molecular complexity index is 825. The van der Waals surface area contributed by atoms with Crippen LogP contribution in [0.15, 0.2) is 53.9 Å². The Morgan fingerprint density at radius 3 is 2.32 bits per heavy atom. The number of hydrazone groups is 1. The second-order valence-corrected chi connectivity index (χ2v) is 5.83. The lowest BCUT2D eigenvalue weighted by molar-refractivity contribution is -0.297. The molecular weight excluding hydrogens is 359 g/mol. The Morgan fingerprint density at radius 2 is 1.76 bits per heavy atom. The van der Waals surface area contributed by atoms with Crippen LogP contribution in [0.5, 0.6) is 0 Å². The summed E-state index contributed by atoms with van der Waals surface area (Å²) in [6.07, 6.45) is -3.20. The molecular formula is C16H11ClF3N3O2. The van der Waals surface area contributed by atoms with Crippen LogP contribution in [0.4, 0.5) is 13.2 Å². The summed E-state index contributed by atoms with van der Waals surface area (Å²) < 4.78 is 40.4. The van der Waals surface area contributed by atoms with Gasteiger partial charge in [0.2, 0.25) is 0 Å². The maximum Gasteiger partial charge on any atom is 0.438 e. The minimum Gasteiger partial charge on any atom is -0.362 e. The van der Waals surface area contributed by atoms with Gasteiger partial charge in [-0.25, -0.2) is 0 Å². The van der Waals surface area contributed by atoms with Gasteiger partial charge in [-0.05, 0) is 36.4 Å². The average Bonchev–Trinajstić information content (AvgIpc) is 2.95. The van der Waals surface area contributed by atoms with Crippen molar-refractivity contribution >= 4 is 23.2 Å². The maximum absolute atomic E-state index is 13.5. The van der Waals surface area contributed by atoms with Crippen molar-refractivity contribution in [3.63, 3.8) is 0 Å². The van der Waals surface area contributed by atoms with E-state index in [0.717, 1.165) is 0 Å². The summed E-state index contributed by atoms with van der Waals surface area (Å²) in [4.78, 5) is 16.3. The molecule has 1 aliphatic rings. The third-order valence-electron chi connectivity index (χ3n) is 3.74. The molecule has 1 aliphatic heterocycles. The van der Waals surface area contributed by atoms with Crippen LogP contribution >= 0.6 is 11.6 Å². The predicted molar refractivity (Wildman–Crippen MR) is 84.0 cm³/mol. The third kappa shape index (κ3) is 3.10.